The van der Waals surface area contributed by atoms with Crippen LogP contribution in [0.3, 0.4) is 0 Å². The Hall–Kier alpha value is -2.25. The Balaban J connectivity index is 1.49. The van der Waals surface area contributed by atoms with Crippen LogP contribution >= 0.6 is 0 Å². The Labute approximate surface area is 159 Å². The van der Waals surface area contributed by atoms with Gasteiger partial charge in [0.25, 0.3) is 5.91 Å². The van der Waals surface area contributed by atoms with Crippen molar-refractivity contribution in [3.8, 4) is 5.69 Å². The van der Waals surface area contributed by atoms with Gasteiger partial charge in [-0.15, -0.1) is 10.2 Å². The molecule has 0 spiro atoms. The molecule has 1 aromatic carbocycles. The molecule has 0 N–H and O–H groups in total. The lowest BCUT2D eigenvalue weighted by molar-refractivity contribution is -0.0209. The summed E-state index contributed by atoms with van der Waals surface area (Å²) < 4.78 is 7.56. The number of nitrogens with zero attached hydrogens (tertiary/aromatic N) is 5. The largest absolute Gasteiger partial charge is 0.380 e. The van der Waals surface area contributed by atoms with Crippen molar-refractivity contribution in [2.45, 2.75) is 25.0 Å². The number of likely N-dealkylation sites (N-methyl/N-ethyl adjacent to an activating group) is 1. The molecular weight excluding hydrogens is 342 g/mol. The maximum absolute atomic E-state index is 13.1. The van der Waals surface area contributed by atoms with Crippen LogP contribution in [0.25, 0.3) is 5.69 Å². The summed E-state index contributed by atoms with van der Waals surface area (Å²) in [5.41, 5.74) is 1.61. The van der Waals surface area contributed by atoms with Crippen molar-refractivity contribution in [1.82, 2.24) is 24.6 Å². The van der Waals surface area contributed by atoms with Gasteiger partial charge in [0.2, 0.25) is 0 Å². The SMILES string of the molecule is CO[C@@H]1C[C@H]2CN(C(=O)c3cccc(-n4cnnc4)c3)C[C@H]2C[C@H]1N(C)C. The van der Waals surface area contributed by atoms with Crippen LogP contribution in [0.15, 0.2) is 36.9 Å². The molecule has 0 bridgehead atoms. The molecule has 0 radical (unpaired) electrons. The molecule has 1 aliphatic heterocycles. The van der Waals surface area contributed by atoms with Crippen molar-refractivity contribution in [3.63, 3.8) is 0 Å². The summed E-state index contributed by atoms with van der Waals surface area (Å²) in [6.45, 7) is 1.65. The molecule has 1 saturated carbocycles. The molecule has 27 heavy (non-hydrogen) atoms. The molecule has 2 heterocycles. The standard InChI is InChI=1S/C20H27N5O2/c1-23(2)18-8-15-10-24(11-16(15)9-19(18)27-3)20(26)14-5-4-6-17(7-14)25-12-21-22-13-25/h4-7,12-13,15-16,18-19H,8-11H2,1-3H3/t15-,16+,18-,19-/m1/s1. The summed E-state index contributed by atoms with van der Waals surface area (Å²) >= 11 is 0. The lowest BCUT2D eigenvalue weighted by Crippen LogP contribution is -2.47. The number of rotatable bonds is 4. The molecule has 2 aromatic rings. The van der Waals surface area contributed by atoms with Crippen LogP contribution < -0.4 is 0 Å². The molecule has 7 nitrogen and oxygen atoms in total. The van der Waals surface area contributed by atoms with Crippen LogP contribution in [0.2, 0.25) is 0 Å². The van der Waals surface area contributed by atoms with Gasteiger partial charge in [-0.3, -0.25) is 9.36 Å². The van der Waals surface area contributed by atoms with E-state index in [4.69, 9.17) is 4.74 Å². The van der Waals surface area contributed by atoms with Crippen LogP contribution in [-0.2, 0) is 4.74 Å². The molecule has 2 aliphatic rings. The van der Waals surface area contributed by atoms with Crippen LogP contribution in [0.1, 0.15) is 23.2 Å². The summed E-state index contributed by atoms with van der Waals surface area (Å²) in [5.74, 6) is 1.18. The number of methoxy groups -OCH3 is 1. The first-order valence-corrected chi connectivity index (χ1v) is 9.50. The van der Waals surface area contributed by atoms with Crippen LogP contribution in [-0.4, -0.2) is 76.9 Å². The fourth-order valence-corrected chi connectivity index (χ4v) is 4.67. The van der Waals surface area contributed by atoms with E-state index in [0.717, 1.165) is 31.6 Å². The van der Waals surface area contributed by atoms with E-state index < -0.39 is 0 Å². The Morgan fingerprint density at radius 3 is 2.52 bits per heavy atom. The third kappa shape index (κ3) is 3.49. The second kappa shape index (κ2) is 7.40. The minimum absolute atomic E-state index is 0.106. The van der Waals surface area contributed by atoms with E-state index in [1.54, 1.807) is 19.8 Å². The van der Waals surface area contributed by atoms with Crippen molar-refractivity contribution in [1.29, 1.82) is 0 Å². The predicted octanol–water partition coefficient (Wildman–Crippen LogP) is 1.69. The third-order valence-corrected chi connectivity index (χ3v) is 6.15. The first kappa shape index (κ1) is 18.1. The van der Waals surface area contributed by atoms with Gasteiger partial charge >= 0.3 is 0 Å². The first-order chi connectivity index (χ1) is 13.1. The van der Waals surface area contributed by atoms with Crippen molar-refractivity contribution < 1.29 is 9.53 Å². The number of fused-ring (bicyclic) bond motifs is 1. The number of ether oxygens (including phenoxy) is 1. The molecule has 2 fully saturated rings. The predicted molar refractivity (Wildman–Crippen MR) is 102 cm³/mol. The molecule has 4 atom stereocenters. The third-order valence-electron chi connectivity index (χ3n) is 6.15. The summed E-state index contributed by atoms with van der Waals surface area (Å²) in [6.07, 6.45) is 5.63. The highest BCUT2D eigenvalue weighted by atomic mass is 16.5. The topological polar surface area (TPSA) is 63.5 Å². The van der Waals surface area contributed by atoms with Crippen LogP contribution in [0.5, 0.6) is 0 Å². The van der Waals surface area contributed by atoms with E-state index in [9.17, 15) is 4.79 Å². The van der Waals surface area contributed by atoms with Crippen LogP contribution in [0, 0.1) is 11.8 Å². The Morgan fingerprint density at radius 1 is 1.15 bits per heavy atom. The first-order valence-electron chi connectivity index (χ1n) is 9.50. The number of likely N-dealkylation sites (tertiary alicyclic amines) is 1. The molecule has 1 amide bonds. The Kier molecular flexibility index (Phi) is 4.97. The van der Waals surface area contributed by atoms with E-state index >= 15 is 0 Å². The van der Waals surface area contributed by atoms with Gasteiger partial charge in [0, 0.05) is 37.5 Å². The number of carbonyl (C=O) groups excluding carboxylic acids is 1. The maximum atomic E-state index is 13.1. The lowest BCUT2D eigenvalue weighted by atomic mass is 9.77. The minimum Gasteiger partial charge on any atom is -0.380 e. The Bertz CT molecular complexity index is 791. The zero-order valence-corrected chi connectivity index (χ0v) is 16.2. The molecule has 144 valence electrons. The molecule has 1 aromatic heterocycles. The molecule has 0 unspecified atom stereocenters. The number of hydrogen-bond acceptors (Lipinski definition) is 5. The van der Waals surface area contributed by atoms with Crippen LogP contribution in [0.4, 0.5) is 0 Å². The molecular formula is C20H27N5O2. The van der Waals surface area contributed by atoms with Gasteiger partial charge in [-0.1, -0.05) is 6.07 Å². The molecule has 1 aliphatic carbocycles. The zero-order chi connectivity index (χ0) is 19.0. The summed E-state index contributed by atoms with van der Waals surface area (Å²) in [6, 6.07) is 8.08. The zero-order valence-electron chi connectivity index (χ0n) is 16.2. The molecule has 4 rings (SSSR count). The van der Waals surface area contributed by atoms with Crippen molar-refractivity contribution in [2.75, 3.05) is 34.3 Å². The second-order valence-corrected chi connectivity index (χ2v) is 7.93. The quantitative estimate of drug-likeness (QED) is 0.821. The van der Waals surface area contributed by atoms with Crippen molar-refractivity contribution in [3.05, 3.63) is 42.5 Å². The summed E-state index contributed by atoms with van der Waals surface area (Å²) in [7, 11) is 6.03. The fourth-order valence-electron chi connectivity index (χ4n) is 4.67. The van der Waals surface area contributed by atoms with Gasteiger partial charge in [-0.05, 0) is 57.0 Å². The highest BCUT2D eigenvalue weighted by Crippen LogP contribution is 2.39. The van der Waals surface area contributed by atoms with Crippen molar-refractivity contribution in [2.24, 2.45) is 11.8 Å². The van der Waals surface area contributed by atoms with E-state index in [1.807, 2.05) is 33.7 Å². The monoisotopic (exact) mass is 369 g/mol. The van der Waals surface area contributed by atoms with Gasteiger partial charge in [0.05, 0.1) is 6.10 Å². The molecule has 7 heteroatoms. The number of benzene rings is 1. The fraction of sp³-hybridized carbons (Fsp3) is 0.550. The van der Waals surface area contributed by atoms with E-state index in [0.29, 0.717) is 23.4 Å². The highest BCUT2D eigenvalue weighted by molar-refractivity contribution is 5.95. The number of amides is 1. The average Bonchev–Trinajstić information content (AvgIpc) is 3.35. The highest BCUT2D eigenvalue weighted by Gasteiger charge is 2.44. The number of aromatic nitrogens is 3. The maximum Gasteiger partial charge on any atom is 0.253 e. The van der Waals surface area contributed by atoms with E-state index in [2.05, 4.69) is 29.2 Å². The smallest absolute Gasteiger partial charge is 0.253 e. The van der Waals surface area contributed by atoms with Gasteiger partial charge in [0.15, 0.2) is 0 Å². The van der Waals surface area contributed by atoms with Gasteiger partial charge < -0.3 is 14.5 Å². The summed E-state index contributed by atoms with van der Waals surface area (Å²) in [5, 5.41) is 7.68. The molecule has 1 saturated heterocycles. The van der Waals surface area contributed by atoms with E-state index in [1.165, 1.54) is 0 Å². The minimum atomic E-state index is 0.106. The van der Waals surface area contributed by atoms with Gasteiger partial charge in [0.1, 0.15) is 12.7 Å². The lowest BCUT2D eigenvalue weighted by Gasteiger charge is -2.40. The van der Waals surface area contributed by atoms with E-state index in [-0.39, 0.29) is 12.0 Å². The van der Waals surface area contributed by atoms with Gasteiger partial charge in [-0.2, -0.15) is 0 Å². The average molecular weight is 369 g/mol. The number of carbonyl (C=O) groups is 1. The van der Waals surface area contributed by atoms with Gasteiger partial charge in [-0.25, -0.2) is 0 Å². The normalized spacial score (nSPS) is 27.8. The summed E-state index contributed by atoms with van der Waals surface area (Å²) in [4.78, 5) is 17.4. The second-order valence-electron chi connectivity index (χ2n) is 7.93. The Morgan fingerprint density at radius 2 is 1.85 bits per heavy atom. The van der Waals surface area contributed by atoms with Crippen molar-refractivity contribution >= 4 is 5.91 Å². The number of hydrogen-bond donors (Lipinski definition) is 0.